The van der Waals surface area contributed by atoms with Gasteiger partial charge in [-0.3, -0.25) is 0 Å². The maximum Gasteiger partial charge on any atom is 0.355 e. The molecular formula is C18H15Cl2NO6. The fourth-order valence-corrected chi connectivity index (χ4v) is 3.00. The molecule has 142 valence electrons. The molecule has 2 rings (SSSR count). The van der Waals surface area contributed by atoms with Crippen LogP contribution in [0.15, 0.2) is 47.8 Å². The maximum atomic E-state index is 12.5. The molecule has 27 heavy (non-hydrogen) atoms. The molecule has 1 aromatic rings. The van der Waals surface area contributed by atoms with Gasteiger partial charge in [-0.1, -0.05) is 29.3 Å². The Labute approximate surface area is 165 Å². The molecule has 0 bridgehead atoms. The summed E-state index contributed by atoms with van der Waals surface area (Å²) in [5, 5.41) is 0.0661. The lowest BCUT2D eigenvalue weighted by atomic mass is 10.1. The van der Waals surface area contributed by atoms with Gasteiger partial charge in [0.05, 0.1) is 48.2 Å². The van der Waals surface area contributed by atoms with E-state index < -0.39 is 17.9 Å². The number of hydrogen-bond donors (Lipinski definition) is 0. The van der Waals surface area contributed by atoms with E-state index in [0.29, 0.717) is 0 Å². The second-order valence-corrected chi connectivity index (χ2v) is 5.85. The van der Waals surface area contributed by atoms with Crippen molar-refractivity contribution in [1.29, 1.82) is 0 Å². The van der Waals surface area contributed by atoms with Crippen LogP contribution in [0.2, 0.25) is 10.0 Å². The second-order valence-electron chi connectivity index (χ2n) is 5.07. The Hall–Kier alpha value is -2.77. The van der Waals surface area contributed by atoms with Crippen molar-refractivity contribution in [2.75, 3.05) is 26.2 Å². The molecule has 1 aliphatic heterocycles. The fraction of sp³-hybridized carbons (Fsp3) is 0.167. The molecule has 0 saturated heterocycles. The lowest BCUT2D eigenvalue weighted by Crippen LogP contribution is -2.27. The van der Waals surface area contributed by atoms with Crippen LogP contribution in [0.25, 0.3) is 0 Å². The SMILES string of the molecule is COC(=O)C1=C(C(=O)OC)N(c2c(Cl)ccc(C(=O)OC)c2Cl)C=CC=C1. The maximum absolute atomic E-state index is 12.5. The van der Waals surface area contributed by atoms with Crippen LogP contribution in [0.4, 0.5) is 5.69 Å². The van der Waals surface area contributed by atoms with Crippen LogP contribution in [-0.4, -0.2) is 39.2 Å². The van der Waals surface area contributed by atoms with Gasteiger partial charge in [0.1, 0.15) is 5.70 Å². The third kappa shape index (κ3) is 3.99. The Bertz CT molecular complexity index is 888. The molecule has 1 aliphatic rings. The number of methoxy groups -OCH3 is 3. The van der Waals surface area contributed by atoms with Gasteiger partial charge in [0, 0.05) is 6.20 Å². The van der Waals surface area contributed by atoms with Crippen LogP contribution in [0.1, 0.15) is 10.4 Å². The number of benzene rings is 1. The summed E-state index contributed by atoms with van der Waals surface area (Å²) < 4.78 is 14.3. The van der Waals surface area contributed by atoms with E-state index in [2.05, 4.69) is 0 Å². The Balaban J connectivity index is 2.80. The first-order valence-corrected chi connectivity index (χ1v) is 8.24. The molecule has 0 amide bonds. The largest absolute Gasteiger partial charge is 0.465 e. The topological polar surface area (TPSA) is 82.1 Å². The molecule has 0 aliphatic carbocycles. The highest BCUT2D eigenvalue weighted by Gasteiger charge is 2.31. The van der Waals surface area contributed by atoms with E-state index in [9.17, 15) is 14.4 Å². The highest BCUT2D eigenvalue weighted by atomic mass is 35.5. The number of carbonyl (C=O) groups is 3. The van der Waals surface area contributed by atoms with Gasteiger partial charge >= 0.3 is 17.9 Å². The van der Waals surface area contributed by atoms with E-state index in [1.165, 1.54) is 49.6 Å². The molecule has 0 fully saturated rings. The number of halogens is 2. The van der Waals surface area contributed by atoms with Gasteiger partial charge in [0.2, 0.25) is 0 Å². The van der Waals surface area contributed by atoms with Gasteiger partial charge < -0.3 is 19.1 Å². The Morgan fingerprint density at radius 1 is 0.889 bits per heavy atom. The molecule has 1 aromatic carbocycles. The number of carbonyl (C=O) groups excluding carboxylic acids is 3. The molecule has 1 heterocycles. The normalized spacial score (nSPS) is 13.3. The summed E-state index contributed by atoms with van der Waals surface area (Å²) in [5.74, 6) is -2.29. The van der Waals surface area contributed by atoms with Crippen LogP contribution in [0.5, 0.6) is 0 Å². The molecule has 0 aromatic heterocycles. The van der Waals surface area contributed by atoms with E-state index in [4.69, 9.17) is 37.4 Å². The molecule has 0 spiro atoms. The quantitative estimate of drug-likeness (QED) is 0.555. The number of nitrogens with zero attached hydrogens (tertiary/aromatic N) is 1. The predicted octanol–water partition coefficient (Wildman–Crippen LogP) is 3.27. The molecular weight excluding hydrogens is 397 g/mol. The van der Waals surface area contributed by atoms with E-state index in [-0.39, 0.29) is 32.6 Å². The summed E-state index contributed by atoms with van der Waals surface area (Å²) in [5.41, 5.74) is -0.124. The third-order valence-electron chi connectivity index (χ3n) is 3.60. The predicted molar refractivity (Wildman–Crippen MR) is 99.6 cm³/mol. The van der Waals surface area contributed by atoms with Crippen molar-refractivity contribution in [3.8, 4) is 0 Å². The Morgan fingerprint density at radius 2 is 1.52 bits per heavy atom. The first-order chi connectivity index (χ1) is 12.9. The zero-order valence-corrected chi connectivity index (χ0v) is 16.1. The van der Waals surface area contributed by atoms with Crippen molar-refractivity contribution < 1.29 is 28.6 Å². The number of ether oxygens (including phenoxy) is 3. The van der Waals surface area contributed by atoms with Crippen molar-refractivity contribution in [1.82, 2.24) is 0 Å². The Morgan fingerprint density at radius 3 is 2.11 bits per heavy atom. The summed E-state index contributed by atoms with van der Waals surface area (Å²) in [6.45, 7) is 0. The van der Waals surface area contributed by atoms with E-state index in [1.54, 1.807) is 6.08 Å². The number of esters is 3. The first-order valence-electron chi connectivity index (χ1n) is 7.48. The van der Waals surface area contributed by atoms with E-state index >= 15 is 0 Å². The number of rotatable bonds is 4. The highest BCUT2D eigenvalue weighted by Crippen LogP contribution is 2.40. The molecule has 7 nitrogen and oxygen atoms in total. The average Bonchev–Trinajstić information content (AvgIpc) is 2.89. The molecule has 0 saturated carbocycles. The second kappa shape index (κ2) is 8.75. The number of allylic oxidation sites excluding steroid dienone is 2. The highest BCUT2D eigenvalue weighted by molar-refractivity contribution is 6.41. The van der Waals surface area contributed by atoms with Gasteiger partial charge in [0.15, 0.2) is 0 Å². The van der Waals surface area contributed by atoms with Gasteiger partial charge in [-0.2, -0.15) is 0 Å². The van der Waals surface area contributed by atoms with Crippen LogP contribution in [0.3, 0.4) is 0 Å². The average molecular weight is 412 g/mol. The van der Waals surface area contributed by atoms with Gasteiger partial charge in [-0.15, -0.1) is 0 Å². The summed E-state index contributed by atoms with van der Waals surface area (Å²) in [7, 11) is 3.55. The van der Waals surface area contributed by atoms with Crippen molar-refractivity contribution in [3.05, 3.63) is 63.4 Å². The van der Waals surface area contributed by atoms with Gasteiger partial charge in [0.25, 0.3) is 0 Å². The van der Waals surface area contributed by atoms with Crippen LogP contribution in [0, 0.1) is 0 Å². The van der Waals surface area contributed by atoms with Crippen molar-refractivity contribution in [2.24, 2.45) is 0 Å². The monoisotopic (exact) mass is 411 g/mol. The fourth-order valence-electron chi connectivity index (χ4n) is 2.37. The Kier molecular flexibility index (Phi) is 6.65. The summed E-state index contributed by atoms with van der Waals surface area (Å²) in [6.07, 6.45) is 5.92. The molecule has 9 heteroatoms. The number of hydrogen-bond acceptors (Lipinski definition) is 7. The lowest BCUT2D eigenvalue weighted by molar-refractivity contribution is -0.139. The standard InChI is InChI=1S/C18H15Cl2NO6/c1-25-16(22)10-7-8-12(19)15(13(10)20)21-9-5-4-6-11(17(23)26-2)14(21)18(24)27-3/h4-9H,1-3H3. The summed E-state index contributed by atoms with van der Waals surface area (Å²) >= 11 is 12.7. The van der Waals surface area contributed by atoms with Gasteiger partial charge in [-0.25, -0.2) is 14.4 Å². The van der Waals surface area contributed by atoms with E-state index in [0.717, 1.165) is 7.11 Å². The minimum atomic E-state index is -0.831. The smallest absolute Gasteiger partial charge is 0.355 e. The summed E-state index contributed by atoms with van der Waals surface area (Å²) in [6, 6.07) is 2.82. The molecule has 0 N–H and O–H groups in total. The van der Waals surface area contributed by atoms with Crippen molar-refractivity contribution in [3.63, 3.8) is 0 Å². The van der Waals surface area contributed by atoms with Crippen LogP contribution < -0.4 is 4.90 Å². The molecule has 0 radical (unpaired) electrons. The lowest BCUT2D eigenvalue weighted by Gasteiger charge is -2.25. The zero-order valence-electron chi connectivity index (χ0n) is 14.6. The first kappa shape index (κ1) is 20.5. The van der Waals surface area contributed by atoms with Gasteiger partial charge in [-0.05, 0) is 24.3 Å². The van der Waals surface area contributed by atoms with Crippen LogP contribution in [-0.2, 0) is 23.8 Å². The van der Waals surface area contributed by atoms with Crippen LogP contribution >= 0.6 is 23.2 Å². The third-order valence-corrected chi connectivity index (χ3v) is 4.29. The zero-order chi connectivity index (χ0) is 20.1. The van der Waals surface area contributed by atoms with E-state index in [1.807, 2.05) is 0 Å². The molecule has 0 unspecified atom stereocenters. The van der Waals surface area contributed by atoms with Crippen molar-refractivity contribution in [2.45, 2.75) is 0 Å². The minimum absolute atomic E-state index is 0.0352. The summed E-state index contributed by atoms with van der Waals surface area (Å²) in [4.78, 5) is 37.9. The minimum Gasteiger partial charge on any atom is -0.465 e. The molecule has 0 atom stereocenters. The van der Waals surface area contributed by atoms with Crippen molar-refractivity contribution >= 4 is 46.8 Å². The number of anilines is 1.